The number of hydrogen-bond donors (Lipinski definition) is 1. The van der Waals surface area contributed by atoms with Gasteiger partial charge in [0.25, 0.3) is 0 Å². The number of hydrogen-bond acceptors (Lipinski definition) is 8. The van der Waals surface area contributed by atoms with Gasteiger partial charge in [0.15, 0.2) is 0 Å². The maximum Gasteiger partial charge on any atom is 0.362 e. The van der Waals surface area contributed by atoms with Crippen molar-refractivity contribution in [3.8, 4) is 5.75 Å². The SMILES string of the molecule is COC(=O)C/C(O)=C(\N=Nc1ccccc1OC)C(=O)OC. The topological polar surface area (TPSA) is 107 Å². The zero-order valence-corrected chi connectivity index (χ0v) is 12.4. The third-order valence-electron chi connectivity index (χ3n) is 2.53. The van der Waals surface area contributed by atoms with E-state index in [-0.39, 0.29) is 0 Å². The van der Waals surface area contributed by atoms with Gasteiger partial charge in [0, 0.05) is 0 Å². The first kappa shape index (κ1) is 17.2. The molecule has 0 saturated carbocycles. The van der Waals surface area contributed by atoms with E-state index >= 15 is 0 Å². The fraction of sp³-hybridized carbons (Fsp3) is 0.286. The highest BCUT2D eigenvalue weighted by Crippen LogP contribution is 2.27. The molecular weight excluding hydrogens is 292 g/mol. The molecule has 0 amide bonds. The standard InChI is InChI=1S/C14H16N2O6/c1-20-11-7-5-4-6-9(11)15-16-13(14(19)22-3)10(17)8-12(18)21-2/h4-7,17H,8H2,1-3H3/b13-10+,16-15?. The van der Waals surface area contributed by atoms with E-state index in [1.165, 1.54) is 7.11 Å². The molecule has 0 radical (unpaired) electrons. The molecule has 0 aromatic heterocycles. The molecule has 1 rings (SSSR count). The Morgan fingerprint density at radius 1 is 1.14 bits per heavy atom. The Morgan fingerprint density at radius 2 is 1.82 bits per heavy atom. The third kappa shape index (κ3) is 4.58. The van der Waals surface area contributed by atoms with Crippen LogP contribution in [0.2, 0.25) is 0 Å². The van der Waals surface area contributed by atoms with Crippen molar-refractivity contribution in [2.75, 3.05) is 21.3 Å². The zero-order valence-electron chi connectivity index (χ0n) is 12.4. The molecule has 118 valence electrons. The number of benzene rings is 1. The Balaban J connectivity index is 3.13. The first-order valence-corrected chi connectivity index (χ1v) is 6.15. The third-order valence-corrected chi connectivity index (χ3v) is 2.53. The molecule has 0 aliphatic rings. The number of esters is 2. The minimum absolute atomic E-state index is 0.345. The molecule has 0 unspecified atom stereocenters. The normalized spacial score (nSPS) is 11.8. The van der Waals surface area contributed by atoms with E-state index in [1.54, 1.807) is 24.3 Å². The number of methoxy groups -OCH3 is 3. The van der Waals surface area contributed by atoms with Gasteiger partial charge in [0.05, 0.1) is 21.3 Å². The van der Waals surface area contributed by atoms with Crippen LogP contribution in [0.15, 0.2) is 46.0 Å². The molecule has 1 aromatic rings. The number of rotatable bonds is 6. The molecule has 0 atom stereocenters. The molecule has 1 N–H and O–H groups in total. The second-order valence-corrected chi connectivity index (χ2v) is 3.91. The van der Waals surface area contributed by atoms with E-state index in [4.69, 9.17) is 4.74 Å². The minimum atomic E-state index is -0.931. The van der Waals surface area contributed by atoms with Gasteiger partial charge in [-0.2, -0.15) is 0 Å². The summed E-state index contributed by atoms with van der Waals surface area (Å²) in [4.78, 5) is 22.8. The van der Waals surface area contributed by atoms with E-state index in [1.807, 2.05) is 0 Å². The first-order valence-electron chi connectivity index (χ1n) is 6.15. The monoisotopic (exact) mass is 308 g/mol. The molecule has 0 saturated heterocycles. The summed E-state index contributed by atoms with van der Waals surface area (Å²) < 4.78 is 14.0. The van der Waals surface area contributed by atoms with Crippen LogP contribution in [0.1, 0.15) is 6.42 Å². The van der Waals surface area contributed by atoms with Crippen molar-refractivity contribution >= 4 is 17.6 Å². The highest BCUT2D eigenvalue weighted by molar-refractivity contribution is 5.89. The van der Waals surface area contributed by atoms with Crippen LogP contribution in [0, 0.1) is 0 Å². The molecule has 1 aromatic carbocycles. The van der Waals surface area contributed by atoms with E-state index in [0.29, 0.717) is 11.4 Å². The van der Waals surface area contributed by atoms with Crippen molar-refractivity contribution in [2.45, 2.75) is 6.42 Å². The summed E-state index contributed by atoms with van der Waals surface area (Å²) in [6.45, 7) is 0. The summed E-state index contributed by atoms with van der Waals surface area (Å²) in [5.74, 6) is -1.83. The van der Waals surface area contributed by atoms with E-state index in [9.17, 15) is 14.7 Å². The Morgan fingerprint density at radius 3 is 2.41 bits per heavy atom. The summed E-state index contributed by atoms with van der Waals surface area (Å²) in [6, 6.07) is 6.70. The van der Waals surface area contributed by atoms with Gasteiger partial charge in [-0.3, -0.25) is 4.79 Å². The Hall–Kier alpha value is -2.90. The Labute approximate surface area is 127 Å². The molecule has 22 heavy (non-hydrogen) atoms. The Kier molecular flexibility index (Phi) is 6.55. The lowest BCUT2D eigenvalue weighted by molar-refractivity contribution is -0.140. The quantitative estimate of drug-likeness (QED) is 0.374. The van der Waals surface area contributed by atoms with Crippen molar-refractivity contribution in [3.05, 3.63) is 35.7 Å². The van der Waals surface area contributed by atoms with Crippen LogP contribution in [-0.4, -0.2) is 38.4 Å². The van der Waals surface area contributed by atoms with Gasteiger partial charge in [-0.15, -0.1) is 10.2 Å². The second-order valence-electron chi connectivity index (χ2n) is 3.91. The van der Waals surface area contributed by atoms with Crippen molar-refractivity contribution in [3.63, 3.8) is 0 Å². The summed E-state index contributed by atoms with van der Waals surface area (Å²) >= 11 is 0. The maximum atomic E-state index is 11.6. The maximum absolute atomic E-state index is 11.6. The number of carbonyl (C=O) groups excluding carboxylic acids is 2. The number of para-hydroxylation sites is 1. The van der Waals surface area contributed by atoms with Gasteiger partial charge in [0.2, 0.25) is 5.70 Å². The van der Waals surface area contributed by atoms with Crippen LogP contribution >= 0.6 is 0 Å². The first-order chi connectivity index (χ1) is 10.5. The average molecular weight is 308 g/mol. The molecule has 0 heterocycles. The molecule has 0 aliphatic carbocycles. The van der Waals surface area contributed by atoms with Gasteiger partial charge in [-0.1, -0.05) is 12.1 Å². The van der Waals surface area contributed by atoms with E-state index < -0.39 is 29.8 Å². The van der Waals surface area contributed by atoms with Crippen molar-refractivity contribution < 1.29 is 28.9 Å². The van der Waals surface area contributed by atoms with E-state index in [0.717, 1.165) is 14.2 Å². The number of nitrogens with zero attached hydrogens (tertiary/aromatic N) is 2. The number of azo groups is 1. The molecule has 0 fully saturated rings. The number of carbonyl (C=O) groups is 2. The zero-order chi connectivity index (χ0) is 16.5. The largest absolute Gasteiger partial charge is 0.509 e. The fourth-order valence-corrected chi connectivity index (χ4v) is 1.42. The van der Waals surface area contributed by atoms with Crippen LogP contribution < -0.4 is 4.74 Å². The van der Waals surface area contributed by atoms with E-state index in [2.05, 4.69) is 19.7 Å². The van der Waals surface area contributed by atoms with Gasteiger partial charge in [-0.05, 0) is 12.1 Å². The molecule has 8 nitrogen and oxygen atoms in total. The summed E-state index contributed by atoms with van der Waals surface area (Å²) in [6.07, 6.45) is -0.522. The minimum Gasteiger partial charge on any atom is -0.509 e. The Bertz CT molecular complexity index is 609. The molecular formula is C14H16N2O6. The number of ether oxygens (including phenoxy) is 3. The van der Waals surface area contributed by atoms with Crippen molar-refractivity contribution in [2.24, 2.45) is 10.2 Å². The molecule has 8 heteroatoms. The predicted molar refractivity (Wildman–Crippen MR) is 75.8 cm³/mol. The lowest BCUT2D eigenvalue weighted by atomic mass is 10.3. The van der Waals surface area contributed by atoms with Gasteiger partial charge < -0.3 is 19.3 Å². The lowest BCUT2D eigenvalue weighted by Crippen LogP contribution is -2.09. The summed E-state index contributed by atoms with van der Waals surface area (Å²) in [7, 11) is 3.73. The number of aliphatic hydroxyl groups is 1. The second kappa shape index (κ2) is 8.40. The molecule has 0 aliphatic heterocycles. The summed E-state index contributed by atoms with van der Waals surface area (Å²) in [5, 5.41) is 17.3. The van der Waals surface area contributed by atoms with Gasteiger partial charge in [0.1, 0.15) is 23.6 Å². The van der Waals surface area contributed by atoms with Crippen LogP contribution in [0.4, 0.5) is 5.69 Å². The van der Waals surface area contributed by atoms with Crippen LogP contribution in [0.5, 0.6) is 5.75 Å². The smallest absolute Gasteiger partial charge is 0.362 e. The summed E-state index contributed by atoms with van der Waals surface area (Å²) in [5.41, 5.74) is -0.143. The molecule has 0 bridgehead atoms. The lowest BCUT2D eigenvalue weighted by Gasteiger charge is -2.05. The average Bonchev–Trinajstić information content (AvgIpc) is 2.54. The van der Waals surface area contributed by atoms with Gasteiger partial charge >= 0.3 is 11.9 Å². The highest BCUT2D eigenvalue weighted by atomic mass is 16.5. The van der Waals surface area contributed by atoms with Crippen LogP contribution in [0.3, 0.4) is 0 Å². The molecule has 0 spiro atoms. The fourth-order valence-electron chi connectivity index (χ4n) is 1.42. The highest BCUT2D eigenvalue weighted by Gasteiger charge is 2.19. The van der Waals surface area contributed by atoms with Crippen molar-refractivity contribution in [1.29, 1.82) is 0 Å². The van der Waals surface area contributed by atoms with Gasteiger partial charge in [-0.25, -0.2) is 4.79 Å². The van der Waals surface area contributed by atoms with Crippen LogP contribution in [-0.2, 0) is 19.1 Å². The number of aliphatic hydroxyl groups excluding tert-OH is 1. The van der Waals surface area contributed by atoms with Crippen molar-refractivity contribution in [1.82, 2.24) is 0 Å². The van der Waals surface area contributed by atoms with Crippen LogP contribution in [0.25, 0.3) is 0 Å². The predicted octanol–water partition coefficient (Wildman–Crippen LogP) is 2.28.